The second kappa shape index (κ2) is 8.51. The van der Waals surface area contributed by atoms with E-state index in [1.54, 1.807) is 18.7 Å². The van der Waals surface area contributed by atoms with Crippen LogP contribution in [0.25, 0.3) is 0 Å². The fraction of sp³-hybridized carbons (Fsp3) is 0.647. The number of sulfonamides is 1. The van der Waals surface area contributed by atoms with Crippen LogP contribution < -0.4 is 10.0 Å². The van der Waals surface area contributed by atoms with Gasteiger partial charge in [-0.05, 0) is 50.7 Å². The first kappa shape index (κ1) is 18.7. The molecule has 1 aliphatic carbocycles. The third kappa shape index (κ3) is 5.43. The molecule has 2 heterocycles. The SMILES string of the molecule is CCS(=O)(=O)NC[C@H]1CC[C@H](Nc2ccc(C3=NCCS3)cn2)CC1. The summed E-state index contributed by atoms with van der Waals surface area (Å²) < 4.78 is 25.8. The maximum Gasteiger partial charge on any atom is 0.211 e. The molecular formula is C17H26N4O2S2. The molecule has 1 aromatic heterocycles. The maximum atomic E-state index is 11.5. The van der Waals surface area contributed by atoms with E-state index in [1.165, 1.54) is 0 Å². The molecule has 8 heteroatoms. The lowest BCUT2D eigenvalue weighted by Gasteiger charge is -2.29. The minimum absolute atomic E-state index is 0.149. The standard InChI is InChI=1S/C17H26N4O2S2/c1-2-25(22,23)20-11-13-3-6-15(7-4-13)21-16-8-5-14(12-19-16)17-18-9-10-24-17/h5,8,12-13,15,20H,2-4,6-7,9-11H2,1H3,(H,19,21)/t13-,15-. The zero-order valence-corrected chi connectivity index (χ0v) is 16.2. The first-order valence-corrected chi connectivity index (χ1v) is 11.6. The van der Waals surface area contributed by atoms with Gasteiger partial charge in [0.15, 0.2) is 0 Å². The Morgan fingerprint density at radius 1 is 1.24 bits per heavy atom. The van der Waals surface area contributed by atoms with E-state index >= 15 is 0 Å². The Hall–Kier alpha value is -1.12. The quantitative estimate of drug-likeness (QED) is 0.757. The average molecular weight is 383 g/mol. The largest absolute Gasteiger partial charge is 0.367 e. The first-order chi connectivity index (χ1) is 12.1. The topological polar surface area (TPSA) is 83.5 Å². The van der Waals surface area contributed by atoms with Gasteiger partial charge in [0.25, 0.3) is 0 Å². The van der Waals surface area contributed by atoms with E-state index in [2.05, 4.69) is 26.1 Å². The normalized spacial score (nSPS) is 24.1. The summed E-state index contributed by atoms with van der Waals surface area (Å²) in [4.78, 5) is 8.99. The molecule has 0 unspecified atom stereocenters. The number of aromatic nitrogens is 1. The minimum atomic E-state index is -3.08. The lowest BCUT2D eigenvalue weighted by molar-refractivity contribution is 0.337. The molecule has 3 rings (SSSR count). The third-order valence-corrected chi connectivity index (χ3v) is 7.16. The van der Waals surface area contributed by atoms with Gasteiger partial charge in [-0.3, -0.25) is 4.99 Å². The summed E-state index contributed by atoms with van der Waals surface area (Å²) in [6, 6.07) is 4.52. The Kier molecular flexibility index (Phi) is 6.35. The van der Waals surface area contributed by atoms with Gasteiger partial charge in [0, 0.05) is 36.6 Å². The summed E-state index contributed by atoms with van der Waals surface area (Å²) in [7, 11) is -3.08. The highest BCUT2D eigenvalue weighted by Crippen LogP contribution is 2.26. The number of nitrogens with zero attached hydrogens (tertiary/aromatic N) is 2. The van der Waals surface area contributed by atoms with Crippen molar-refractivity contribution < 1.29 is 8.42 Å². The van der Waals surface area contributed by atoms with Crippen molar-refractivity contribution in [1.29, 1.82) is 0 Å². The van der Waals surface area contributed by atoms with Crippen molar-refractivity contribution in [3.05, 3.63) is 23.9 Å². The van der Waals surface area contributed by atoms with Gasteiger partial charge in [-0.2, -0.15) is 0 Å². The van der Waals surface area contributed by atoms with E-state index in [0.29, 0.717) is 18.5 Å². The van der Waals surface area contributed by atoms with Crippen molar-refractivity contribution in [3.63, 3.8) is 0 Å². The van der Waals surface area contributed by atoms with Gasteiger partial charge in [-0.25, -0.2) is 18.1 Å². The summed E-state index contributed by atoms with van der Waals surface area (Å²) in [5.74, 6) is 2.55. The number of pyridine rings is 1. The van der Waals surface area contributed by atoms with Gasteiger partial charge < -0.3 is 5.32 Å². The summed E-state index contributed by atoms with van der Waals surface area (Å²) >= 11 is 1.79. The van der Waals surface area contributed by atoms with Gasteiger partial charge in [-0.15, -0.1) is 11.8 Å². The highest BCUT2D eigenvalue weighted by Gasteiger charge is 2.22. The first-order valence-electron chi connectivity index (χ1n) is 8.93. The Balaban J connectivity index is 1.44. The summed E-state index contributed by atoms with van der Waals surface area (Å²) in [6.07, 6.45) is 6.06. The second-order valence-electron chi connectivity index (χ2n) is 6.58. The average Bonchev–Trinajstić information content (AvgIpc) is 3.17. The van der Waals surface area contributed by atoms with Crippen molar-refractivity contribution in [2.24, 2.45) is 10.9 Å². The fourth-order valence-corrected chi connectivity index (χ4v) is 4.72. The van der Waals surface area contributed by atoms with Crippen LogP contribution in [0, 0.1) is 5.92 Å². The molecule has 1 aromatic rings. The van der Waals surface area contributed by atoms with Gasteiger partial charge >= 0.3 is 0 Å². The molecule has 25 heavy (non-hydrogen) atoms. The number of hydrogen-bond acceptors (Lipinski definition) is 6. The predicted octanol–water partition coefficient (Wildman–Crippen LogP) is 2.49. The molecule has 0 saturated heterocycles. The molecule has 0 radical (unpaired) electrons. The van der Waals surface area contributed by atoms with Crippen molar-refractivity contribution >= 4 is 32.6 Å². The molecule has 138 valence electrons. The zero-order chi connectivity index (χ0) is 17.7. The molecular weight excluding hydrogens is 356 g/mol. The smallest absolute Gasteiger partial charge is 0.211 e. The van der Waals surface area contributed by atoms with Crippen LogP contribution in [0.15, 0.2) is 23.3 Å². The molecule has 2 N–H and O–H groups in total. The van der Waals surface area contributed by atoms with Crippen LogP contribution in [0.2, 0.25) is 0 Å². The Morgan fingerprint density at radius 2 is 2.04 bits per heavy atom. The molecule has 0 spiro atoms. The number of nitrogens with one attached hydrogen (secondary N) is 2. The predicted molar refractivity (Wildman–Crippen MR) is 105 cm³/mol. The van der Waals surface area contributed by atoms with Gasteiger partial charge in [0.05, 0.1) is 10.8 Å². The van der Waals surface area contributed by atoms with Crippen LogP contribution in [0.3, 0.4) is 0 Å². The van der Waals surface area contributed by atoms with E-state index in [9.17, 15) is 8.42 Å². The molecule has 2 aliphatic rings. The number of aliphatic imine (C=N–C) groups is 1. The van der Waals surface area contributed by atoms with Crippen LogP contribution >= 0.6 is 11.8 Å². The van der Waals surface area contributed by atoms with Crippen LogP contribution in [0.5, 0.6) is 0 Å². The highest BCUT2D eigenvalue weighted by molar-refractivity contribution is 8.14. The molecule has 0 amide bonds. The minimum Gasteiger partial charge on any atom is -0.367 e. The second-order valence-corrected chi connectivity index (χ2v) is 9.76. The van der Waals surface area contributed by atoms with E-state index in [-0.39, 0.29) is 5.75 Å². The van der Waals surface area contributed by atoms with Gasteiger partial charge in [0.2, 0.25) is 10.0 Å². The lowest BCUT2D eigenvalue weighted by Crippen LogP contribution is -2.34. The number of rotatable bonds is 7. The molecule has 1 saturated carbocycles. The number of anilines is 1. The monoisotopic (exact) mass is 382 g/mol. The molecule has 6 nitrogen and oxygen atoms in total. The Labute approximate surface area is 154 Å². The van der Waals surface area contributed by atoms with Crippen LogP contribution in [0.1, 0.15) is 38.2 Å². The Bertz CT molecular complexity index is 696. The summed E-state index contributed by atoms with van der Waals surface area (Å²) in [5.41, 5.74) is 1.10. The van der Waals surface area contributed by atoms with Crippen LogP contribution in [-0.2, 0) is 10.0 Å². The van der Waals surface area contributed by atoms with E-state index in [0.717, 1.165) is 54.4 Å². The molecule has 1 fully saturated rings. The molecule has 1 aliphatic heterocycles. The van der Waals surface area contributed by atoms with Gasteiger partial charge in [-0.1, -0.05) is 0 Å². The van der Waals surface area contributed by atoms with Crippen molar-refractivity contribution in [2.75, 3.05) is 29.9 Å². The van der Waals surface area contributed by atoms with E-state index in [1.807, 2.05) is 12.3 Å². The molecule has 0 atom stereocenters. The third-order valence-electron chi connectivity index (χ3n) is 4.77. The molecule has 0 bridgehead atoms. The van der Waals surface area contributed by atoms with E-state index in [4.69, 9.17) is 0 Å². The highest BCUT2D eigenvalue weighted by atomic mass is 32.2. The van der Waals surface area contributed by atoms with Crippen LogP contribution in [-0.4, -0.2) is 49.1 Å². The Morgan fingerprint density at radius 3 is 2.64 bits per heavy atom. The summed E-state index contributed by atoms with van der Waals surface area (Å²) in [5, 5.41) is 4.60. The van der Waals surface area contributed by atoms with Crippen molar-refractivity contribution in [3.8, 4) is 0 Å². The van der Waals surface area contributed by atoms with Gasteiger partial charge in [0.1, 0.15) is 5.82 Å². The number of hydrogen-bond donors (Lipinski definition) is 2. The van der Waals surface area contributed by atoms with Crippen LogP contribution in [0.4, 0.5) is 5.82 Å². The van der Waals surface area contributed by atoms with Crippen molar-refractivity contribution in [1.82, 2.24) is 9.71 Å². The van der Waals surface area contributed by atoms with Crippen molar-refractivity contribution in [2.45, 2.75) is 38.6 Å². The zero-order valence-electron chi connectivity index (χ0n) is 14.6. The number of thioether (sulfide) groups is 1. The fourth-order valence-electron chi connectivity index (χ4n) is 3.18. The lowest BCUT2D eigenvalue weighted by atomic mass is 9.86. The van der Waals surface area contributed by atoms with E-state index < -0.39 is 10.0 Å². The maximum absolute atomic E-state index is 11.5. The molecule has 0 aromatic carbocycles. The summed E-state index contributed by atoms with van der Waals surface area (Å²) in [6.45, 7) is 3.13.